The van der Waals surface area contributed by atoms with E-state index in [9.17, 15) is 14.4 Å². The third-order valence-corrected chi connectivity index (χ3v) is 2.05. The maximum Gasteiger partial charge on any atom is 0.307 e. The van der Waals surface area contributed by atoms with Gasteiger partial charge in [-0.3, -0.25) is 14.4 Å². The highest BCUT2D eigenvalue weighted by molar-refractivity contribution is 5.87. The fourth-order valence-electron chi connectivity index (χ4n) is 1.03. The highest BCUT2D eigenvalue weighted by atomic mass is 16.5. The molecule has 6 nitrogen and oxygen atoms in total. The zero-order valence-corrected chi connectivity index (χ0v) is 11.5. The smallest absolute Gasteiger partial charge is 0.307 e. The Kier molecular flexibility index (Phi) is 7.00. The zero-order chi connectivity index (χ0) is 14.2. The Bertz CT molecular complexity index is 308. The summed E-state index contributed by atoms with van der Waals surface area (Å²) in [6.45, 7) is 7.47. The van der Waals surface area contributed by atoms with Gasteiger partial charge in [0, 0.05) is 12.0 Å². The summed E-state index contributed by atoms with van der Waals surface area (Å²) in [5, 5.41) is 5.04. The minimum absolute atomic E-state index is 0.0844. The first-order chi connectivity index (χ1) is 8.27. The van der Waals surface area contributed by atoms with Crippen molar-refractivity contribution in [2.45, 2.75) is 34.1 Å². The number of ether oxygens (including phenoxy) is 1. The van der Waals surface area contributed by atoms with Crippen LogP contribution >= 0.6 is 0 Å². The second kappa shape index (κ2) is 7.68. The lowest BCUT2D eigenvalue weighted by Crippen LogP contribution is -2.42. The molecule has 0 aromatic rings. The topological polar surface area (TPSA) is 84.5 Å². The van der Waals surface area contributed by atoms with Gasteiger partial charge in [0.25, 0.3) is 0 Å². The van der Waals surface area contributed by atoms with Crippen LogP contribution in [0.25, 0.3) is 0 Å². The second-order valence-electron chi connectivity index (χ2n) is 4.84. The molecule has 0 aliphatic carbocycles. The number of hydrogen-bond donors (Lipinski definition) is 2. The van der Waals surface area contributed by atoms with Crippen LogP contribution in [-0.4, -0.2) is 37.5 Å². The van der Waals surface area contributed by atoms with E-state index in [0.717, 1.165) is 0 Å². The molecule has 0 atom stereocenters. The first kappa shape index (κ1) is 16.4. The van der Waals surface area contributed by atoms with Crippen LogP contribution in [0.4, 0.5) is 0 Å². The van der Waals surface area contributed by atoms with Gasteiger partial charge in [0.05, 0.1) is 19.6 Å². The Morgan fingerprint density at radius 1 is 1.11 bits per heavy atom. The van der Waals surface area contributed by atoms with Crippen LogP contribution in [0.5, 0.6) is 0 Å². The summed E-state index contributed by atoms with van der Waals surface area (Å²) < 4.78 is 4.71. The van der Waals surface area contributed by atoms with Gasteiger partial charge < -0.3 is 15.4 Å². The molecule has 104 valence electrons. The molecule has 0 heterocycles. The lowest BCUT2D eigenvalue weighted by molar-refractivity contribution is -0.143. The third kappa shape index (κ3) is 7.65. The van der Waals surface area contributed by atoms with Crippen molar-refractivity contribution in [3.8, 4) is 0 Å². The van der Waals surface area contributed by atoms with Gasteiger partial charge in [-0.2, -0.15) is 0 Å². The maximum atomic E-state index is 11.5. The molecule has 0 rings (SSSR count). The standard InChI is InChI=1S/C12H22N2O4/c1-5-18-10(16)6-7-13-9(15)8-14-11(17)12(2,3)4/h5-8H2,1-4H3,(H,13,15)(H,14,17). The Morgan fingerprint density at radius 2 is 1.72 bits per heavy atom. The van der Waals surface area contributed by atoms with E-state index in [1.807, 2.05) is 0 Å². The molecule has 2 N–H and O–H groups in total. The van der Waals surface area contributed by atoms with E-state index in [0.29, 0.717) is 6.61 Å². The predicted molar refractivity (Wildman–Crippen MR) is 66.7 cm³/mol. The second-order valence-corrected chi connectivity index (χ2v) is 4.84. The molecule has 0 saturated heterocycles. The van der Waals surface area contributed by atoms with E-state index in [2.05, 4.69) is 10.6 Å². The first-order valence-electron chi connectivity index (χ1n) is 5.98. The fourth-order valence-corrected chi connectivity index (χ4v) is 1.03. The van der Waals surface area contributed by atoms with Crippen LogP contribution in [-0.2, 0) is 19.1 Å². The van der Waals surface area contributed by atoms with Gasteiger partial charge in [0.2, 0.25) is 11.8 Å². The van der Waals surface area contributed by atoms with Crippen molar-refractivity contribution in [3.05, 3.63) is 0 Å². The van der Waals surface area contributed by atoms with Crippen molar-refractivity contribution in [2.24, 2.45) is 5.41 Å². The van der Waals surface area contributed by atoms with E-state index >= 15 is 0 Å². The Balaban J connectivity index is 3.73. The molecule has 0 bridgehead atoms. The SMILES string of the molecule is CCOC(=O)CCNC(=O)CNC(=O)C(C)(C)C. The van der Waals surface area contributed by atoms with Crippen LogP contribution in [0.3, 0.4) is 0 Å². The molecule has 6 heteroatoms. The van der Waals surface area contributed by atoms with Crippen molar-refractivity contribution in [1.29, 1.82) is 0 Å². The number of nitrogens with one attached hydrogen (secondary N) is 2. The van der Waals surface area contributed by atoms with Gasteiger partial charge in [0.1, 0.15) is 0 Å². The van der Waals surface area contributed by atoms with Crippen LogP contribution in [0.1, 0.15) is 34.1 Å². The minimum Gasteiger partial charge on any atom is -0.466 e. The van der Waals surface area contributed by atoms with Crippen LogP contribution in [0.2, 0.25) is 0 Å². The highest BCUT2D eigenvalue weighted by Gasteiger charge is 2.21. The number of hydrogen-bond acceptors (Lipinski definition) is 4. The summed E-state index contributed by atoms with van der Waals surface area (Å²) in [5.41, 5.74) is -0.523. The molecule has 18 heavy (non-hydrogen) atoms. The molecule has 0 spiro atoms. The number of amides is 2. The number of esters is 1. The molecule has 0 aromatic carbocycles. The van der Waals surface area contributed by atoms with Crippen molar-refractivity contribution >= 4 is 17.8 Å². The molecule has 2 amide bonds. The predicted octanol–water partition coefficient (Wildman–Crippen LogP) is 0.218. The molecule has 0 fully saturated rings. The summed E-state index contributed by atoms with van der Waals surface area (Å²) in [6, 6.07) is 0. The zero-order valence-electron chi connectivity index (χ0n) is 11.5. The molecule has 0 unspecified atom stereocenters. The van der Waals surface area contributed by atoms with Gasteiger partial charge in [-0.25, -0.2) is 0 Å². The van der Waals surface area contributed by atoms with Gasteiger partial charge >= 0.3 is 5.97 Å². The molecular formula is C12H22N2O4. The number of carbonyl (C=O) groups is 3. The maximum absolute atomic E-state index is 11.5. The summed E-state index contributed by atoms with van der Waals surface area (Å²) in [4.78, 5) is 33.8. The number of rotatable bonds is 6. The molecule has 0 radical (unpaired) electrons. The average Bonchev–Trinajstić information content (AvgIpc) is 2.24. The van der Waals surface area contributed by atoms with E-state index < -0.39 is 5.41 Å². The monoisotopic (exact) mass is 258 g/mol. The van der Waals surface area contributed by atoms with Crippen molar-refractivity contribution in [3.63, 3.8) is 0 Å². The van der Waals surface area contributed by atoms with Crippen molar-refractivity contribution in [2.75, 3.05) is 19.7 Å². The third-order valence-electron chi connectivity index (χ3n) is 2.05. The van der Waals surface area contributed by atoms with Crippen LogP contribution in [0.15, 0.2) is 0 Å². The summed E-state index contributed by atoms with van der Waals surface area (Å²) in [7, 11) is 0. The van der Waals surface area contributed by atoms with E-state index in [1.165, 1.54) is 0 Å². The van der Waals surface area contributed by atoms with Crippen molar-refractivity contribution < 1.29 is 19.1 Å². The van der Waals surface area contributed by atoms with Crippen LogP contribution in [0, 0.1) is 5.41 Å². The lowest BCUT2D eigenvalue weighted by atomic mass is 9.96. The minimum atomic E-state index is -0.523. The Labute approximate surface area is 107 Å². The summed E-state index contributed by atoms with van der Waals surface area (Å²) >= 11 is 0. The quantitative estimate of drug-likeness (QED) is 0.667. The molecule has 0 aliphatic heterocycles. The van der Waals surface area contributed by atoms with Gasteiger partial charge in [-0.05, 0) is 6.92 Å². The highest BCUT2D eigenvalue weighted by Crippen LogP contribution is 2.11. The normalized spacial score (nSPS) is 10.7. The van der Waals surface area contributed by atoms with E-state index in [4.69, 9.17) is 4.74 Å². The molecule has 0 aliphatic rings. The fraction of sp³-hybridized carbons (Fsp3) is 0.750. The van der Waals surface area contributed by atoms with Gasteiger partial charge in [-0.15, -0.1) is 0 Å². The average molecular weight is 258 g/mol. The van der Waals surface area contributed by atoms with Gasteiger partial charge in [-0.1, -0.05) is 20.8 Å². The Morgan fingerprint density at radius 3 is 2.22 bits per heavy atom. The summed E-state index contributed by atoms with van der Waals surface area (Å²) in [6.07, 6.45) is 0.132. The van der Waals surface area contributed by atoms with Crippen molar-refractivity contribution in [1.82, 2.24) is 10.6 Å². The first-order valence-corrected chi connectivity index (χ1v) is 5.98. The van der Waals surface area contributed by atoms with E-state index in [1.54, 1.807) is 27.7 Å². The Hall–Kier alpha value is -1.59. The largest absolute Gasteiger partial charge is 0.466 e. The molecule has 0 aromatic heterocycles. The summed E-state index contributed by atoms with van der Waals surface area (Å²) in [5.74, 6) is -0.864. The molecular weight excluding hydrogens is 236 g/mol. The molecule has 0 saturated carbocycles. The van der Waals surface area contributed by atoms with Gasteiger partial charge in [0.15, 0.2) is 0 Å². The van der Waals surface area contributed by atoms with Crippen LogP contribution < -0.4 is 10.6 Å². The van der Waals surface area contributed by atoms with E-state index in [-0.39, 0.29) is 37.3 Å². The number of carbonyl (C=O) groups excluding carboxylic acids is 3. The lowest BCUT2D eigenvalue weighted by Gasteiger charge is -2.17.